The van der Waals surface area contributed by atoms with Crippen LogP contribution in [-0.2, 0) is 57.7 Å². The Kier molecular flexibility index (Phi) is 22.6. The fourth-order valence-corrected chi connectivity index (χ4v) is 10.2. The highest BCUT2D eigenvalue weighted by atomic mass is 31.2. The van der Waals surface area contributed by atoms with E-state index >= 15 is 0 Å². The van der Waals surface area contributed by atoms with Gasteiger partial charge in [0.2, 0.25) is 0 Å². The molecule has 1 aromatic rings. The van der Waals surface area contributed by atoms with Gasteiger partial charge in [-0.1, -0.05) is 30.3 Å². The third-order valence-corrected chi connectivity index (χ3v) is 13.0. The van der Waals surface area contributed by atoms with Crippen LogP contribution in [0.1, 0.15) is 86.1 Å². The van der Waals surface area contributed by atoms with Crippen molar-refractivity contribution in [3.63, 3.8) is 0 Å². The molecule has 2 rings (SSSR count). The minimum Gasteiger partial charge on any atom is -0.480 e. The first-order chi connectivity index (χ1) is 27.4. The summed E-state index contributed by atoms with van der Waals surface area (Å²) in [6.07, 6.45) is 0.569. The number of carbonyl (C=O) groups is 4. The van der Waals surface area contributed by atoms with Gasteiger partial charge in [0.15, 0.2) is 0 Å². The van der Waals surface area contributed by atoms with E-state index in [1.807, 2.05) is 30.3 Å². The normalized spacial score (nSPS) is 17.1. The molecule has 0 spiro atoms. The summed E-state index contributed by atoms with van der Waals surface area (Å²) in [5, 5.41) is 22.3. The lowest BCUT2D eigenvalue weighted by Gasteiger charge is -2.36. The predicted octanol–water partition coefficient (Wildman–Crippen LogP) is 5.85. The minimum atomic E-state index is -3.84. The molecule has 0 bridgehead atoms. The third kappa shape index (κ3) is 19.0. The summed E-state index contributed by atoms with van der Waals surface area (Å²) >= 11 is 0. The maximum atomic E-state index is 14.1. The number of nitrogens with one attached hydrogen (secondary N) is 1. The fraction of sp³-hybridized carbons (Fsp3) is 0.737. The van der Waals surface area contributed by atoms with Gasteiger partial charge in [0.1, 0.15) is 36.9 Å². The second kappa shape index (κ2) is 25.6. The molecule has 3 atom stereocenters. The highest BCUT2D eigenvalue weighted by Crippen LogP contribution is 2.50. The van der Waals surface area contributed by atoms with Crippen LogP contribution in [0.25, 0.3) is 0 Å². The quantitative estimate of drug-likeness (QED) is 0.0489. The number of aliphatic carboxylic acids is 2. The van der Waals surface area contributed by atoms with Gasteiger partial charge in [0, 0.05) is 32.2 Å². The molecule has 0 aliphatic carbocycles. The van der Waals surface area contributed by atoms with Gasteiger partial charge in [0.25, 0.3) is 0 Å². The van der Waals surface area contributed by atoms with Crippen LogP contribution < -0.4 is 5.32 Å². The highest BCUT2D eigenvalue weighted by molar-refractivity contribution is 7.54. The molecular formula is C38H66N4O14P2. The molecule has 3 N–H and O–H groups in total. The lowest BCUT2D eigenvalue weighted by molar-refractivity contribution is -0.151. The SMILES string of the molecule is CCOP(=O)(CN(CCN(CP(=O)(OCC)OCC)[C@H](CCCCNC(=O)OC(C)(C)C)C(=O)OCc1ccccc1)C[C@@H]1CC[C@H](C(=O)O)N1CC(=O)O)OCC. The van der Waals surface area contributed by atoms with E-state index in [2.05, 4.69) is 5.32 Å². The molecule has 0 saturated carbocycles. The van der Waals surface area contributed by atoms with Gasteiger partial charge in [0.05, 0.1) is 33.0 Å². The Morgan fingerprint density at radius 1 is 0.862 bits per heavy atom. The van der Waals surface area contributed by atoms with E-state index in [0.29, 0.717) is 19.3 Å². The number of hydrogen-bond acceptors (Lipinski definition) is 15. The summed E-state index contributed by atoms with van der Waals surface area (Å²) in [6.45, 7) is 12.2. The molecule has 1 aromatic carbocycles. The lowest BCUT2D eigenvalue weighted by Crippen LogP contribution is -2.50. The van der Waals surface area contributed by atoms with E-state index in [1.165, 1.54) is 4.90 Å². The number of benzene rings is 1. The Bertz CT molecular complexity index is 1500. The molecule has 1 heterocycles. The Hall–Kier alpha value is -2.92. The monoisotopic (exact) mass is 864 g/mol. The van der Waals surface area contributed by atoms with Gasteiger partial charge in [-0.15, -0.1) is 0 Å². The largest absolute Gasteiger partial charge is 0.480 e. The first-order valence-corrected chi connectivity index (χ1v) is 23.4. The summed E-state index contributed by atoms with van der Waals surface area (Å²) in [5.74, 6) is -2.93. The number of esters is 1. The van der Waals surface area contributed by atoms with E-state index in [4.69, 9.17) is 27.6 Å². The standard InChI is InChI=1S/C38H66N4O14P2/c1-8-52-57(49,53-9-2)28-40(25-31-20-21-32(35(45)46)42(31)26-34(43)44)23-24-41(29-58(50,54-10-3)55-11-4)33(36(47)51-27-30-17-13-12-14-18-30)19-15-16-22-39-37(48)56-38(5,6)7/h12-14,17-18,31-33H,8-11,15-16,19-29H2,1-7H3,(H,39,48)(H,43,44)(H,45,46)/t31-,32+,33+/m0/s1. The number of rotatable bonds is 29. The Balaban J connectivity index is 2.53. The average molecular weight is 865 g/mol. The van der Waals surface area contributed by atoms with Crippen LogP contribution in [0.2, 0.25) is 0 Å². The second-order valence-electron chi connectivity index (χ2n) is 14.7. The van der Waals surface area contributed by atoms with Crippen LogP contribution in [0.5, 0.6) is 0 Å². The average Bonchev–Trinajstić information content (AvgIpc) is 3.51. The number of hydrogen-bond donors (Lipinski definition) is 3. The highest BCUT2D eigenvalue weighted by Gasteiger charge is 2.41. The third-order valence-electron chi connectivity index (χ3n) is 8.96. The summed E-state index contributed by atoms with van der Waals surface area (Å²) in [5.41, 5.74) is 0.0812. The Morgan fingerprint density at radius 2 is 1.45 bits per heavy atom. The van der Waals surface area contributed by atoms with Crippen LogP contribution in [-0.4, -0.2) is 144 Å². The zero-order chi connectivity index (χ0) is 43.4. The van der Waals surface area contributed by atoms with Crippen LogP contribution in [0.4, 0.5) is 4.79 Å². The van der Waals surface area contributed by atoms with Crippen molar-refractivity contribution < 1.29 is 66.1 Å². The molecule has 1 amide bonds. The number of alkyl carbamates (subject to hydrolysis) is 1. The Morgan fingerprint density at radius 3 is 1.98 bits per heavy atom. The van der Waals surface area contributed by atoms with Gasteiger partial charge >= 0.3 is 39.2 Å². The van der Waals surface area contributed by atoms with Crippen molar-refractivity contribution in [3.8, 4) is 0 Å². The van der Waals surface area contributed by atoms with Gasteiger partial charge in [-0.05, 0) is 86.1 Å². The lowest BCUT2D eigenvalue weighted by atomic mass is 10.1. The first kappa shape index (κ1) is 51.2. The van der Waals surface area contributed by atoms with Crippen LogP contribution >= 0.6 is 15.2 Å². The van der Waals surface area contributed by atoms with Crippen molar-refractivity contribution in [3.05, 3.63) is 35.9 Å². The molecule has 1 aliphatic heterocycles. The van der Waals surface area contributed by atoms with Crippen molar-refractivity contribution in [1.29, 1.82) is 0 Å². The van der Waals surface area contributed by atoms with Gasteiger partial charge in [-0.3, -0.25) is 38.2 Å². The molecule has 20 heteroatoms. The van der Waals surface area contributed by atoms with Crippen molar-refractivity contribution >= 4 is 39.2 Å². The number of unbranched alkanes of at least 4 members (excludes halogenated alkanes) is 1. The van der Waals surface area contributed by atoms with Crippen LogP contribution in [0, 0.1) is 0 Å². The fourth-order valence-electron chi connectivity index (χ4n) is 6.64. The smallest absolute Gasteiger partial charge is 0.407 e. The number of carboxylic acids is 2. The predicted molar refractivity (Wildman–Crippen MR) is 217 cm³/mol. The number of carboxylic acid groups (broad SMARTS) is 2. The molecular weight excluding hydrogens is 798 g/mol. The van der Waals surface area contributed by atoms with Gasteiger partial charge < -0.3 is 43.1 Å². The van der Waals surface area contributed by atoms with Crippen molar-refractivity contribution in [2.45, 2.75) is 111 Å². The maximum Gasteiger partial charge on any atom is 0.407 e. The van der Waals surface area contributed by atoms with E-state index in [1.54, 1.807) is 58.3 Å². The zero-order valence-corrected chi connectivity index (χ0v) is 37.0. The minimum absolute atomic E-state index is 0.0251. The summed E-state index contributed by atoms with van der Waals surface area (Å²) in [7, 11) is -7.59. The number of amides is 1. The van der Waals surface area contributed by atoms with E-state index < -0.39 is 69.5 Å². The van der Waals surface area contributed by atoms with E-state index in [0.717, 1.165) is 5.56 Å². The van der Waals surface area contributed by atoms with Gasteiger partial charge in [-0.2, -0.15) is 0 Å². The molecule has 0 unspecified atom stereocenters. The molecule has 0 aromatic heterocycles. The zero-order valence-electron chi connectivity index (χ0n) is 35.2. The van der Waals surface area contributed by atoms with E-state index in [9.17, 15) is 38.5 Å². The number of ether oxygens (including phenoxy) is 2. The molecule has 1 saturated heterocycles. The number of carbonyl (C=O) groups excluding carboxylic acids is 2. The summed E-state index contributed by atoms with van der Waals surface area (Å²) in [4.78, 5) is 55.2. The number of nitrogens with zero attached hydrogens (tertiary/aromatic N) is 3. The molecule has 0 radical (unpaired) electrons. The summed E-state index contributed by atoms with van der Waals surface area (Å²) < 4.78 is 61.9. The van der Waals surface area contributed by atoms with Crippen LogP contribution in [0.3, 0.4) is 0 Å². The molecule has 332 valence electrons. The topological polar surface area (TPSA) is 220 Å². The first-order valence-electron chi connectivity index (χ1n) is 20.0. The summed E-state index contributed by atoms with van der Waals surface area (Å²) in [6, 6.07) is 6.56. The number of likely N-dealkylation sites (tertiary alicyclic amines) is 1. The molecule has 18 nitrogen and oxygen atoms in total. The second-order valence-corrected chi connectivity index (χ2v) is 18.8. The van der Waals surface area contributed by atoms with E-state index in [-0.39, 0.29) is 84.6 Å². The van der Waals surface area contributed by atoms with Crippen molar-refractivity contribution in [2.24, 2.45) is 0 Å². The molecule has 1 aliphatic rings. The van der Waals surface area contributed by atoms with Gasteiger partial charge in [-0.25, -0.2) is 4.79 Å². The maximum absolute atomic E-state index is 14.1. The van der Waals surface area contributed by atoms with Crippen molar-refractivity contribution in [1.82, 2.24) is 20.0 Å². The molecule has 1 fully saturated rings. The van der Waals surface area contributed by atoms with Crippen LogP contribution in [0.15, 0.2) is 30.3 Å². The van der Waals surface area contributed by atoms with Crippen molar-refractivity contribution in [2.75, 3.05) is 71.7 Å². The Labute approximate surface area is 343 Å². The molecule has 58 heavy (non-hydrogen) atoms.